The van der Waals surface area contributed by atoms with E-state index in [1.807, 2.05) is 19.3 Å². The number of rotatable bonds is 4. The first kappa shape index (κ1) is 14.3. The Morgan fingerprint density at radius 2 is 2.21 bits per heavy atom. The van der Waals surface area contributed by atoms with Crippen LogP contribution < -0.4 is 10.1 Å². The molecular formula is C16H26N2O. The molecule has 0 amide bonds. The molecule has 0 aromatic carbocycles. The van der Waals surface area contributed by atoms with Gasteiger partial charge in [0.2, 0.25) is 5.88 Å². The lowest BCUT2D eigenvalue weighted by atomic mass is 9.71. The summed E-state index contributed by atoms with van der Waals surface area (Å²) in [5.41, 5.74) is 1.52. The third kappa shape index (κ3) is 3.93. The summed E-state index contributed by atoms with van der Waals surface area (Å²) in [7, 11) is 1.95. The zero-order valence-electron chi connectivity index (χ0n) is 12.6. The Balaban J connectivity index is 2.08. The van der Waals surface area contributed by atoms with Gasteiger partial charge < -0.3 is 10.1 Å². The van der Waals surface area contributed by atoms with Gasteiger partial charge in [0.05, 0.1) is 0 Å². The number of nitrogens with one attached hydrogen (secondary N) is 1. The van der Waals surface area contributed by atoms with Gasteiger partial charge in [-0.2, -0.15) is 0 Å². The molecule has 19 heavy (non-hydrogen) atoms. The summed E-state index contributed by atoms with van der Waals surface area (Å²) < 4.78 is 6.19. The van der Waals surface area contributed by atoms with Crippen molar-refractivity contribution in [1.29, 1.82) is 0 Å². The van der Waals surface area contributed by atoms with Gasteiger partial charge in [-0.3, -0.25) is 0 Å². The van der Waals surface area contributed by atoms with Gasteiger partial charge in [-0.25, -0.2) is 4.98 Å². The van der Waals surface area contributed by atoms with Gasteiger partial charge >= 0.3 is 0 Å². The van der Waals surface area contributed by atoms with E-state index in [2.05, 4.69) is 37.1 Å². The van der Waals surface area contributed by atoms with Crippen LogP contribution in [0.2, 0.25) is 0 Å². The summed E-state index contributed by atoms with van der Waals surface area (Å²) in [6.45, 7) is 7.80. The zero-order valence-corrected chi connectivity index (χ0v) is 12.6. The molecule has 1 aromatic heterocycles. The smallest absolute Gasteiger partial charge is 0.218 e. The predicted octanol–water partition coefficient (Wildman–Crippen LogP) is 3.39. The van der Waals surface area contributed by atoms with Gasteiger partial charge in [-0.1, -0.05) is 26.8 Å². The summed E-state index contributed by atoms with van der Waals surface area (Å²) >= 11 is 0. The molecule has 3 heteroatoms. The quantitative estimate of drug-likeness (QED) is 0.903. The maximum atomic E-state index is 6.19. The maximum absolute atomic E-state index is 6.19. The number of hydrogen-bond acceptors (Lipinski definition) is 3. The molecule has 0 saturated heterocycles. The van der Waals surface area contributed by atoms with E-state index in [9.17, 15) is 0 Å². The van der Waals surface area contributed by atoms with Crippen LogP contribution in [-0.2, 0) is 6.54 Å². The number of nitrogens with zero attached hydrogens (tertiary/aromatic N) is 1. The average Bonchev–Trinajstić information content (AvgIpc) is 2.29. The summed E-state index contributed by atoms with van der Waals surface area (Å²) in [4.78, 5) is 4.40. The summed E-state index contributed by atoms with van der Waals surface area (Å²) in [5, 5.41) is 3.17. The Morgan fingerprint density at radius 1 is 1.42 bits per heavy atom. The van der Waals surface area contributed by atoms with Crippen LogP contribution in [0.15, 0.2) is 18.3 Å². The largest absolute Gasteiger partial charge is 0.474 e. The topological polar surface area (TPSA) is 34.2 Å². The van der Waals surface area contributed by atoms with E-state index in [0.29, 0.717) is 11.5 Å². The minimum atomic E-state index is 0.296. The second kappa shape index (κ2) is 5.91. The van der Waals surface area contributed by atoms with Crippen LogP contribution in [-0.4, -0.2) is 18.1 Å². The molecule has 0 aliphatic heterocycles. The fraction of sp³-hybridized carbons (Fsp3) is 0.688. The first-order chi connectivity index (χ1) is 9.00. The third-order valence-corrected chi connectivity index (χ3v) is 3.84. The lowest BCUT2D eigenvalue weighted by molar-refractivity contribution is 0.0525. The Hall–Kier alpha value is -1.09. The maximum Gasteiger partial charge on any atom is 0.218 e. The van der Waals surface area contributed by atoms with Gasteiger partial charge in [-0.05, 0) is 43.7 Å². The van der Waals surface area contributed by atoms with Crippen molar-refractivity contribution >= 4 is 0 Å². The highest BCUT2D eigenvalue weighted by atomic mass is 16.5. The van der Waals surface area contributed by atoms with Crippen LogP contribution >= 0.6 is 0 Å². The lowest BCUT2D eigenvalue weighted by Gasteiger charge is -2.38. The Labute approximate surface area is 116 Å². The molecule has 2 atom stereocenters. The monoisotopic (exact) mass is 262 g/mol. The highest BCUT2D eigenvalue weighted by Crippen LogP contribution is 2.40. The van der Waals surface area contributed by atoms with Gasteiger partial charge in [0.15, 0.2) is 0 Å². The van der Waals surface area contributed by atoms with Crippen LogP contribution in [0.1, 0.15) is 45.6 Å². The molecule has 0 radical (unpaired) electrons. The lowest BCUT2D eigenvalue weighted by Crippen LogP contribution is -2.34. The number of pyridine rings is 1. The van der Waals surface area contributed by atoms with Crippen molar-refractivity contribution in [3.05, 3.63) is 23.9 Å². The van der Waals surface area contributed by atoms with Crippen LogP contribution in [0, 0.1) is 11.3 Å². The fourth-order valence-electron chi connectivity index (χ4n) is 3.36. The summed E-state index contributed by atoms with van der Waals surface area (Å²) in [5.74, 6) is 1.52. The average molecular weight is 262 g/mol. The zero-order chi connectivity index (χ0) is 13.9. The minimum Gasteiger partial charge on any atom is -0.474 e. The van der Waals surface area contributed by atoms with Crippen molar-refractivity contribution in [2.45, 2.75) is 52.7 Å². The molecule has 2 rings (SSSR count). The van der Waals surface area contributed by atoms with Gasteiger partial charge in [0, 0.05) is 18.3 Å². The molecule has 106 valence electrons. The van der Waals surface area contributed by atoms with E-state index >= 15 is 0 Å². The molecule has 3 nitrogen and oxygen atoms in total. The third-order valence-electron chi connectivity index (χ3n) is 3.84. The molecule has 1 aliphatic rings. The van der Waals surface area contributed by atoms with Crippen LogP contribution in [0.5, 0.6) is 5.88 Å². The molecule has 1 aliphatic carbocycles. The van der Waals surface area contributed by atoms with Gasteiger partial charge in [0.1, 0.15) is 6.10 Å². The molecule has 1 fully saturated rings. The van der Waals surface area contributed by atoms with Crippen molar-refractivity contribution in [1.82, 2.24) is 10.3 Å². The fourth-order valence-corrected chi connectivity index (χ4v) is 3.36. The standard InChI is InChI=1S/C16H26N2O/c1-12-8-14(10-16(2,3)9-12)19-15-13(11-17-4)6-5-7-18-15/h5-7,12,14,17H,8-11H2,1-4H3. The molecule has 1 aromatic rings. The van der Waals surface area contributed by atoms with E-state index in [1.54, 1.807) is 0 Å². The Morgan fingerprint density at radius 3 is 2.89 bits per heavy atom. The Kier molecular flexibility index (Phi) is 4.46. The normalized spacial score (nSPS) is 26.1. The first-order valence-corrected chi connectivity index (χ1v) is 7.25. The van der Waals surface area contributed by atoms with E-state index in [0.717, 1.165) is 36.7 Å². The SMILES string of the molecule is CNCc1cccnc1OC1CC(C)CC(C)(C)C1. The first-order valence-electron chi connectivity index (χ1n) is 7.25. The molecule has 0 spiro atoms. The molecule has 1 N–H and O–H groups in total. The molecular weight excluding hydrogens is 236 g/mol. The highest BCUT2D eigenvalue weighted by Gasteiger charge is 2.33. The molecule has 0 bridgehead atoms. The summed E-state index contributed by atoms with van der Waals surface area (Å²) in [6.07, 6.45) is 5.65. The Bertz CT molecular complexity index is 417. The second-order valence-electron chi connectivity index (χ2n) is 6.65. The van der Waals surface area contributed by atoms with Gasteiger partial charge in [0.25, 0.3) is 0 Å². The van der Waals surface area contributed by atoms with Crippen LogP contribution in [0.25, 0.3) is 0 Å². The van der Waals surface area contributed by atoms with Crippen LogP contribution in [0.3, 0.4) is 0 Å². The predicted molar refractivity (Wildman–Crippen MR) is 78.2 cm³/mol. The minimum absolute atomic E-state index is 0.296. The van der Waals surface area contributed by atoms with E-state index < -0.39 is 0 Å². The second-order valence-corrected chi connectivity index (χ2v) is 6.65. The highest BCUT2D eigenvalue weighted by molar-refractivity contribution is 5.25. The molecule has 1 heterocycles. The number of ether oxygens (including phenoxy) is 1. The number of hydrogen-bond donors (Lipinski definition) is 1. The molecule has 1 saturated carbocycles. The van der Waals surface area contributed by atoms with E-state index in [1.165, 1.54) is 6.42 Å². The number of aromatic nitrogens is 1. The van der Waals surface area contributed by atoms with E-state index in [-0.39, 0.29) is 0 Å². The summed E-state index contributed by atoms with van der Waals surface area (Å²) in [6, 6.07) is 4.04. The van der Waals surface area contributed by atoms with Crippen molar-refractivity contribution in [2.24, 2.45) is 11.3 Å². The van der Waals surface area contributed by atoms with Crippen LogP contribution in [0.4, 0.5) is 0 Å². The van der Waals surface area contributed by atoms with Crippen molar-refractivity contribution in [2.75, 3.05) is 7.05 Å². The van der Waals surface area contributed by atoms with E-state index in [4.69, 9.17) is 4.74 Å². The van der Waals surface area contributed by atoms with Crippen molar-refractivity contribution in [3.63, 3.8) is 0 Å². The van der Waals surface area contributed by atoms with Gasteiger partial charge in [-0.15, -0.1) is 0 Å². The van der Waals surface area contributed by atoms with Crippen molar-refractivity contribution < 1.29 is 4.74 Å². The molecule has 2 unspecified atom stereocenters. The van der Waals surface area contributed by atoms with Crippen molar-refractivity contribution in [3.8, 4) is 5.88 Å².